The molecule has 172 valence electrons. The summed E-state index contributed by atoms with van der Waals surface area (Å²) in [5.41, 5.74) is 4.24. The maximum absolute atomic E-state index is 10.8. The summed E-state index contributed by atoms with van der Waals surface area (Å²) in [5, 5.41) is 9.94. The molecule has 0 fully saturated rings. The molecule has 0 amide bonds. The first-order valence-electron chi connectivity index (χ1n) is 10.2. The Morgan fingerprint density at radius 3 is 2.65 bits per heavy atom. The predicted molar refractivity (Wildman–Crippen MR) is 135 cm³/mol. The van der Waals surface area contributed by atoms with Crippen molar-refractivity contribution >= 4 is 41.3 Å². The molecule has 0 spiro atoms. The Hall–Kier alpha value is -3.74. The molecule has 0 unspecified atom stereocenters. The maximum atomic E-state index is 10.8. The van der Waals surface area contributed by atoms with Crippen molar-refractivity contribution in [2.45, 2.75) is 0 Å². The number of aliphatic carboxylic acids is 1. The van der Waals surface area contributed by atoms with Gasteiger partial charge in [0.2, 0.25) is 0 Å². The summed E-state index contributed by atoms with van der Waals surface area (Å²) >= 11 is 12.3. The first kappa shape index (κ1) is 23.4. The molecule has 4 aromatic rings. The predicted octanol–water partition coefficient (Wildman–Crippen LogP) is 6.69. The maximum Gasteiger partial charge on any atom is 0.341 e. The van der Waals surface area contributed by atoms with Crippen LogP contribution in [-0.2, 0) is 4.79 Å². The average molecular weight is 495 g/mol. The number of benzene rings is 3. The van der Waals surface area contributed by atoms with Crippen LogP contribution in [0.3, 0.4) is 0 Å². The number of imidazole rings is 1. The number of methoxy groups -OCH3 is 1. The van der Waals surface area contributed by atoms with Crippen LogP contribution >= 0.6 is 23.2 Å². The van der Waals surface area contributed by atoms with Crippen molar-refractivity contribution in [3.05, 3.63) is 88.3 Å². The Labute approximate surface area is 206 Å². The van der Waals surface area contributed by atoms with Gasteiger partial charge in [-0.2, -0.15) is 0 Å². The van der Waals surface area contributed by atoms with Crippen molar-refractivity contribution in [3.63, 3.8) is 0 Å². The first-order valence-corrected chi connectivity index (χ1v) is 11.0. The third kappa shape index (κ3) is 5.60. The summed E-state index contributed by atoms with van der Waals surface area (Å²) in [6.45, 7) is -0.396. The number of carboxylic acid groups (broad SMARTS) is 1. The summed E-state index contributed by atoms with van der Waals surface area (Å²) in [6, 6.07) is 18.4. The highest BCUT2D eigenvalue weighted by Gasteiger charge is 2.09. The number of H-pyrrole nitrogens is 1. The number of rotatable bonds is 8. The van der Waals surface area contributed by atoms with Crippen LogP contribution in [0.4, 0.5) is 0 Å². The second kappa shape index (κ2) is 10.5. The minimum atomic E-state index is -1.03. The van der Waals surface area contributed by atoms with Crippen molar-refractivity contribution in [1.82, 2.24) is 9.97 Å². The summed E-state index contributed by atoms with van der Waals surface area (Å²) in [4.78, 5) is 18.4. The van der Waals surface area contributed by atoms with Crippen LogP contribution in [0, 0.1) is 0 Å². The van der Waals surface area contributed by atoms with E-state index in [0.717, 1.165) is 27.9 Å². The topological polar surface area (TPSA) is 84.4 Å². The summed E-state index contributed by atoms with van der Waals surface area (Å²) in [6.07, 6.45) is 5.46. The third-order valence-electron chi connectivity index (χ3n) is 5.00. The summed E-state index contributed by atoms with van der Waals surface area (Å²) < 4.78 is 10.8. The van der Waals surface area contributed by atoms with Gasteiger partial charge in [0.25, 0.3) is 0 Å². The second-order valence-electron chi connectivity index (χ2n) is 7.31. The van der Waals surface area contributed by atoms with E-state index in [2.05, 4.69) is 9.97 Å². The van der Waals surface area contributed by atoms with Crippen molar-refractivity contribution in [1.29, 1.82) is 0 Å². The zero-order chi connectivity index (χ0) is 24.1. The van der Waals surface area contributed by atoms with Gasteiger partial charge in [0, 0.05) is 16.1 Å². The lowest BCUT2D eigenvalue weighted by atomic mass is 10.0. The van der Waals surface area contributed by atoms with E-state index in [9.17, 15) is 4.79 Å². The van der Waals surface area contributed by atoms with Gasteiger partial charge in [0.15, 0.2) is 6.61 Å². The standard InChI is InChI=1S/C26H20Cl2N2O4/c1-33-24-9-5-17(16-3-2-4-20(12-16)34-15-26(31)32)11-18(24)6-10-25-29-14-23(30-25)21-8-7-19(27)13-22(21)28/h2-14H,15H2,1H3,(H,29,30)(H,31,32)/b10-6+. The normalized spacial score (nSPS) is 11.0. The van der Waals surface area contributed by atoms with Gasteiger partial charge >= 0.3 is 5.97 Å². The van der Waals surface area contributed by atoms with Crippen LogP contribution in [0.15, 0.2) is 66.9 Å². The molecule has 0 aliphatic rings. The number of carboxylic acids is 1. The summed E-state index contributed by atoms with van der Waals surface area (Å²) in [7, 11) is 1.61. The quantitative estimate of drug-likeness (QED) is 0.285. The van der Waals surface area contributed by atoms with Crippen LogP contribution in [-0.4, -0.2) is 34.8 Å². The van der Waals surface area contributed by atoms with Gasteiger partial charge in [0.1, 0.15) is 17.3 Å². The van der Waals surface area contributed by atoms with Gasteiger partial charge in [-0.15, -0.1) is 0 Å². The number of nitrogens with zero attached hydrogens (tertiary/aromatic N) is 1. The molecule has 0 atom stereocenters. The number of hydrogen-bond donors (Lipinski definition) is 2. The van der Waals surface area contributed by atoms with Gasteiger partial charge < -0.3 is 19.6 Å². The molecular formula is C26H20Cl2N2O4. The number of ether oxygens (including phenoxy) is 2. The number of nitrogens with one attached hydrogen (secondary N) is 1. The highest BCUT2D eigenvalue weighted by atomic mass is 35.5. The lowest BCUT2D eigenvalue weighted by Gasteiger charge is -2.10. The number of halogens is 2. The van der Waals surface area contributed by atoms with Crippen LogP contribution in [0.5, 0.6) is 11.5 Å². The monoisotopic (exact) mass is 494 g/mol. The molecule has 8 heteroatoms. The lowest BCUT2D eigenvalue weighted by Crippen LogP contribution is -2.09. The Bertz CT molecular complexity index is 1360. The molecule has 0 radical (unpaired) electrons. The SMILES string of the molecule is COc1ccc(-c2cccc(OCC(=O)O)c2)cc1/C=C/c1ncc(-c2ccc(Cl)cc2Cl)[nH]1. The minimum absolute atomic E-state index is 0.396. The van der Waals surface area contributed by atoms with Gasteiger partial charge in [0.05, 0.1) is 24.0 Å². The number of carbonyl (C=O) groups is 1. The zero-order valence-corrected chi connectivity index (χ0v) is 19.6. The van der Waals surface area contributed by atoms with Gasteiger partial charge in [-0.05, 0) is 65.7 Å². The highest BCUT2D eigenvalue weighted by molar-refractivity contribution is 6.36. The fraction of sp³-hybridized carbons (Fsp3) is 0.0769. The molecule has 2 N–H and O–H groups in total. The van der Waals surface area contributed by atoms with E-state index in [1.54, 1.807) is 37.6 Å². The molecule has 0 saturated heterocycles. The lowest BCUT2D eigenvalue weighted by molar-refractivity contribution is -0.139. The van der Waals surface area contributed by atoms with Crippen molar-refractivity contribution in [3.8, 4) is 33.9 Å². The molecule has 0 aliphatic carbocycles. The molecule has 3 aromatic carbocycles. The van der Waals surface area contributed by atoms with E-state index >= 15 is 0 Å². The van der Waals surface area contributed by atoms with Gasteiger partial charge in [-0.25, -0.2) is 9.78 Å². The van der Waals surface area contributed by atoms with Crippen molar-refractivity contribution in [2.24, 2.45) is 0 Å². The Kier molecular flexibility index (Phi) is 7.21. The first-order chi connectivity index (χ1) is 16.4. The molecule has 0 aliphatic heterocycles. The minimum Gasteiger partial charge on any atom is -0.496 e. The van der Waals surface area contributed by atoms with E-state index < -0.39 is 12.6 Å². The average Bonchev–Trinajstić information content (AvgIpc) is 3.30. The Morgan fingerprint density at radius 1 is 1.06 bits per heavy atom. The van der Waals surface area contributed by atoms with E-state index in [1.165, 1.54) is 0 Å². The smallest absolute Gasteiger partial charge is 0.341 e. The number of hydrogen-bond acceptors (Lipinski definition) is 4. The highest BCUT2D eigenvalue weighted by Crippen LogP contribution is 2.31. The zero-order valence-electron chi connectivity index (χ0n) is 18.1. The molecule has 1 aromatic heterocycles. The molecule has 0 saturated carbocycles. The van der Waals surface area contributed by atoms with Crippen molar-refractivity contribution < 1.29 is 19.4 Å². The number of aromatic amines is 1. The van der Waals surface area contributed by atoms with E-state index in [-0.39, 0.29) is 0 Å². The van der Waals surface area contributed by atoms with Crippen LogP contribution in [0.25, 0.3) is 34.5 Å². The second-order valence-corrected chi connectivity index (χ2v) is 8.15. The largest absolute Gasteiger partial charge is 0.496 e. The molecule has 1 heterocycles. The van der Waals surface area contributed by atoms with Crippen molar-refractivity contribution in [2.75, 3.05) is 13.7 Å². The third-order valence-corrected chi connectivity index (χ3v) is 5.54. The van der Waals surface area contributed by atoms with Crippen LogP contribution in [0.2, 0.25) is 10.0 Å². The number of aromatic nitrogens is 2. The van der Waals surface area contributed by atoms with E-state index in [0.29, 0.717) is 27.4 Å². The van der Waals surface area contributed by atoms with Crippen LogP contribution in [0.1, 0.15) is 11.4 Å². The van der Waals surface area contributed by atoms with Gasteiger partial charge in [-0.1, -0.05) is 41.4 Å². The Morgan fingerprint density at radius 2 is 1.88 bits per heavy atom. The fourth-order valence-corrected chi connectivity index (χ4v) is 3.90. The molecule has 34 heavy (non-hydrogen) atoms. The molecule has 0 bridgehead atoms. The molecular weight excluding hydrogens is 475 g/mol. The molecule has 4 rings (SSSR count). The summed E-state index contributed by atoms with van der Waals surface area (Å²) in [5.74, 6) is 0.807. The van der Waals surface area contributed by atoms with Gasteiger partial charge in [-0.3, -0.25) is 0 Å². The fourth-order valence-electron chi connectivity index (χ4n) is 3.39. The Balaban J connectivity index is 1.59. The van der Waals surface area contributed by atoms with E-state index in [1.807, 2.05) is 48.6 Å². The van der Waals surface area contributed by atoms with E-state index in [4.69, 9.17) is 37.8 Å². The van der Waals surface area contributed by atoms with Crippen LogP contribution < -0.4 is 9.47 Å². The molecule has 6 nitrogen and oxygen atoms in total.